The van der Waals surface area contributed by atoms with Crippen molar-refractivity contribution >= 4 is 0 Å². The zero-order valence-electron chi connectivity index (χ0n) is 16.2. The summed E-state index contributed by atoms with van der Waals surface area (Å²) >= 11 is 0. The molecule has 0 N–H and O–H groups in total. The summed E-state index contributed by atoms with van der Waals surface area (Å²) in [5.74, 6) is 1.74. The molecule has 0 aromatic heterocycles. The van der Waals surface area contributed by atoms with Gasteiger partial charge in [0, 0.05) is 5.54 Å². The van der Waals surface area contributed by atoms with E-state index in [4.69, 9.17) is 0 Å². The fourth-order valence-electron chi connectivity index (χ4n) is 5.29. The van der Waals surface area contributed by atoms with Crippen LogP contribution in [0.25, 0.3) is 0 Å². The summed E-state index contributed by atoms with van der Waals surface area (Å²) in [7, 11) is 0. The lowest BCUT2D eigenvalue weighted by Crippen LogP contribution is -2.51. The van der Waals surface area contributed by atoms with E-state index in [1.807, 2.05) is 0 Å². The molecule has 1 nitrogen and oxygen atoms in total. The average molecular weight is 348 g/mol. The van der Waals surface area contributed by atoms with Gasteiger partial charge >= 0.3 is 0 Å². The first-order chi connectivity index (χ1) is 12.8. The van der Waals surface area contributed by atoms with Gasteiger partial charge in [-0.3, -0.25) is 4.90 Å². The van der Waals surface area contributed by atoms with Crippen LogP contribution in [-0.4, -0.2) is 18.0 Å². The molecule has 4 rings (SSSR count). The van der Waals surface area contributed by atoms with E-state index in [0.717, 1.165) is 11.8 Å². The third-order valence-corrected chi connectivity index (χ3v) is 7.00. The van der Waals surface area contributed by atoms with E-state index in [1.165, 1.54) is 63.6 Å². The van der Waals surface area contributed by atoms with Gasteiger partial charge in [0.05, 0.1) is 0 Å². The molecule has 0 radical (unpaired) electrons. The van der Waals surface area contributed by atoms with E-state index in [-0.39, 0.29) is 0 Å². The number of piperidine rings is 1. The van der Waals surface area contributed by atoms with E-state index >= 15 is 0 Å². The fourth-order valence-corrected chi connectivity index (χ4v) is 5.29. The van der Waals surface area contributed by atoms with Crippen LogP contribution >= 0.6 is 0 Å². The van der Waals surface area contributed by atoms with Gasteiger partial charge in [-0.25, -0.2) is 0 Å². The predicted molar refractivity (Wildman–Crippen MR) is 110 cm³/mol. The van der Waals surface area contributed by atoms with Crippen LogP contribution in [0.3, 0.4) is 0 Å². The molecule has 1 saturated carbocycles. The van der Waals surface area contributed by atoms with E-state index in [2.05, 4.69) is 72.5 Å². The van der Waals surface area contributed by atoms with Crippen molar-refractivity contribution in [3.05, 3.63) is 71.8 Å². The fraction of sp³-hybridized carbons (Fsp3) is 0.520. The number of nitrogens with zero attached hydrogens (tertiary/aromatic N) is 1. The summed E-state index contributed by atoms with van der Waals surface area (Å²) in [5, 5.41) is 0. The highest BCUT2D eigenvalue weighted by atomic mass is 15.2. The number of hydrogen-bond donors (Lipinski definition) is 0. The molecule has 1 aliphatic heterocycles. The maximum atomic E-state index is 2.86. The topological polar surface area (TPSA) is 3.24 Å². The van der Waals surface area contributed by atoms with Gasteiger partial charge in [0.25, 0.3) is 0 Å². The van der Waals surface area contributed by atoms with Crippen molar-refractivity contribution in [3.63, 3.8) is 0 Å². The standard InChI is InChI=1S/C25H33N/c1-21-12-16-25(17-13-21,24-10-6-3-7-11-24)26-18-14-23(15-19-26)20-22-8-4-2-5-9-22/h2-11,21,23H,12-20H2,1H3. The minimum Gasteiger partial charge on any atom is -0.294 e. The van der Waals surface area contributed by atoms with Gasteiger partial charge in [0.2, 0.25) is 0 Å². The highest BCUT2D eigenvalue weighted by Gasteiger charge is 2.42. The Morgan fingerprint density at radius 2 is 1.38 bits per heavy atom. The number of benzene rings is 2. The first kappa shape index (κ1) is 17.8. The second kappa shape index (κ2) is 7.96. The molecular weight excluding hydrogens is 314 g/mol. The molecule has 1 heterocycles. The lowest BCUT2D eigenvalue weighted by Gasteiger charge is -2.51. The van der Waals surface area contributed by atoms with Gasteiger partial charge in [0.15, 0.2) is 0 Å². The van der Waals surface area contributed by atoms with Crippen molar-refractivity contribution in [1.82, 2.24) is 4.90 Å². The largest absolute Gasteiger partial charge is 0.294 e. The molecular formula is C25H33N. The van der Waals surface area contributed by atoms with Crippen molar-refractivity contribution < 1.29 is 0 Å². The highest BCUT2D eigenvalue weighted by molar-refractivity contribution is 5.26. The van der Waals surface area contributed by atoms with Gasteiger partial charge in [-0.1, -0.05) is 67.6 Å². The zero-order chi connectivity index (χ0) is 17.8. The van der Waals surface area contributed by atoms with Crippen LogP contribution in [0.1, 0.15) is 56.6 Å². The first-order valence-electron chi connectivity index (χ1n) is 10.6. The summed E-state index contributed by atoms with van der Waals surface area (Å²) < 4.78 is 0. The Bertz CT molecular complexity index is 662. The van der Waals surface area contributed by atoms with Gasteiger partial charge in [-0.05, 0) is 81.0 Å². The summed E-state index contributed by atoms with van der Waals surface area (Å²) in [4.78, 5) is 2.86. The normalized spacial score (nSPS) is 28.1. The Morgan fingerprint density at radius 1 is 0.808 bits per heavy atom. The molecule has 0 unspecified atom stereocenters. The van der Waals surface area contributed by atoms with E-state index in [9.17, 15) is 0 Å². The molecule has 1 aliphatic carbocycles. The Hall–Kier alpha value is -1.60. The van der Waals surface area contributed by atoms with Crippen LogP contribution in [0.2, 0.25) is 0 Å². The predicted octanol–water partition coefficient (Wildman–Crippen LogP) is 6.05. The lowest BCUT2D eigenvalue weighted by atomic mass is 9.71. The van der Waals surface area contributed by atoms with E-state index in [0.29, 0.717) is 5.54 Å². The van der Waals surface area contributed by atoms with Gasteiger partial charge in [-0.15, -0.1) is 0 Å². The average Bonchev–Trinajstić information content (AvgIpc) is 2.71. The molecule has 26 heavy (non-hydrogen) atoms. The van der Waals surface area contributed by atoms with Crippen molar-refractivity contribution in [2.24, 2.45) is 11.8 Å². The Morgan fingerprint density at radius 3 is 2.00 bits per heavy atom. The van der Waals surface area contributed by atoms with E-state index < -0.39 is 0 Å². The first-order valence-corrected chi connectivity index (χ1v) is 10.6. The van der Waals surface area contributed by atoms with Crippen molar-refractivity contribution in [2.45, 2.75) is 57.4 Å². The molecule has 2 aromatic rings. The number of rotatable bonds is 4. The summed E-state index contributed by atoms with van der Waals surface area (Å²) in [6, 6.07) is 22.5. The second-order valence-electron chi connectivity index (χ2n) is 8.70. The van der Waals surface area contributed by atoms with Crippen LogP contribution in [-0.2, 0) is 12.0 Å². The summed E-state index contributed by atoms with van der Waals surface area (Å²) in [5.41, 5.74) is 3.37. The Kier molecular flexibility index (Phi) is 5.45. The highest BCUT2D eigenvalue weighted by Crippen LogP contribution is 2.45. The van der Waals surface area contributed by atoms with Crippen LogP contribution in [0.4, 0.5) is 0 Å². The SMILES string of the molecule is CC1CCC(c2ccccc2)(N2CCC(Cc3ccccc3)CC2)CC1. The quantitative estimate of drug-likeness (QED) is 0.651. The van der Waals surface area contributed by atoms with Crippen LogP contribution in [0.5, 0.6) is 0 Å². The minimum absolute atomic E-state index is 0.297. The van der Waals surface area contributed by atoms with Gasteiger partial charge < -0.3 is 0 Å². The van der Waals surface area contributed by atoms with Crippen LogP contribution in [0, 0.1) is 11.8 Å². The van der Waals surface area contributed by atoms with Crippen molar-refractivity contribution in [1.29, 1.82) is 0 Å². The smallest absolute Gasteiger partial charge is 0.0460 e. The molecule has 0 bridgehead atoms. The molecule has 0 atom stereocenters. The summed E-state index contributed by atoms with van der Waals surface area (Å²) in [6.07, 6.45) is 9.36. The van der Waals surface area contributed by atoms with Gasteiger partial charge in [-0.2, -0.15) is 0 Å². The van der Waals surface area contributed by atoms with Crippen molar-refractivity contribution in [3.8, 4) is 0 Å². The van der Waals surface area contributed by atoms with Gasteiger partial charge in [0.1, 0.15) is 0 Å². The number of likely N-dealkylation sites (tertiary alicyclic amines) is 1. The molecule has 138 valence electrons. The summed E-state index contributed by atoms with van der Waals surface area (Å²) in [6.45, 7) is 4.96. The zero-order valence-corrected chi connectivity index (χ0v) is 16.2. The van der Waals surface area contributed by atoms with Crippen molar-refractivity contribution in [2.75, 3.05) is 13.1 Å². The molecule has 2 aromatic carbocycles. The minimum atomic E-state index is 0.297. The van der Waals surface area contributed by atoms with Crippen LogP contribution in [0.15, 0.2) is 60.7 Å². The van der Waals surface area contributed by atoms with Crippen LogP contribution < -0.4 is 0 Å². The third-order valence-electron chi connectivity index (χ3n) is 7.00. The molecule has 0 spiro atoms. The maximum Gasteiger partial charge on any atom is 0.0460 e. The molecule has 2 fully saturated rings. The van der Waals surface area contributed by atoms with E-state index in [1.54, 1.807) is 5.56 Å². The maximum absolute atomic E-state index is 2.86. The Balaban J connectivity index is 1.46. The molecule has 1 saturated heterocycles. The molecule has 1 heteroatoms. The Labute approximate surface area is 159 Å². The monoisotopic (exact) mass is 347 g/mol. The lowest BCUT2D eigenvalue weighted by molar-refractivity contribution is 0.00773. The molecule has 2 aliphatic rings. The third kappa shape index (κ3) is 3.74. The second-order valence-corrected chi connectivity index (χ2v) is 8.70. The molecule has 0 amide bonds. The number of hydrogen-bond acceptors (Lipinski definition) is 1.